The molecule has 6 heteroatoms. The molecule has 0 heterocycles. The topological polar surface area (TPSA) is 86.6 Å². The first kappa shape index (κ1) is 15.5. The van der Waals surface area contributed by atoms with E-state index in [1.807, 2.05) is 30.3 Å². The predicted molar refractivity (Wildman–Crippen MR) is 74.0 cm³/mol. The van der Waals surface area contributed by atoms with Crippen LogP contribution in [0.2, 0.25) is 0 Å². The second-order valence-corrected chi connectivity index (χ2v) is 5.13. The van der Waals surface area contributed by atoms with Gasteiger partial charge in [-0.2, -0.15) is 11.8 Å². The number of aliphatic hydroxyl groups excluding tert-OH is 1. The number of carbonyl (C=O) groups is 2. The summed E-state index contributed by atoms with van der Waals surface area (Å²) in [6.45, 7) is 1.28. The smallest absolute Gasteiger partial charge is 0.327 e. The van der Waals surface area contributed by atoms with E-state index in [2.05, 4.69) is 5.32 Å². The summed E-state index contributed by atoms with van der Waals surface area (Å²) in [6, 6.07) is 8.23. The van der Waals surface area contributed by atoms with Crippen LogP contribution >= 0.6 is 11.8 Å². The average molecular weight is 283 g/mol. The first-order valence-corrected chi connectivity index (χ1v) is 6.97. The molecule has 3 N–H and O–H groups in total. The largest absolute Gasteiger partial charge is 0.480 e. The Morgan fingerprint density at radius 3 is 2.42 bits per heavy atom. The molecule has 0 saturated carbocycles. The zero-order valence-electron chi connectivity index (χ0n) is 10.6. The SMILES string of the molecule is CC(=O)N[C@H](CSC[C@H](O)c1ccccc1)C(=O)O. The molecule has 0 unspecified atom stereocenters. The fourth-order valence-corrected chi connectivity index (χ4v) is 2.50. The molecule has 1 amide bonds. The Balaban J connectivity index is 2.40. The van der Waals surface area contributed by atoms with Crippen LogP contribution in [0.15, 0.2) is 30.3 Å². The Morgan fingerprint density at radius 1 is 1.26 bits per heavy atom. The van der Waals surface area contributed by atoms with Gasteiger partial charge in [0.05, 0.1) is 6.10 Å². The molecule has 1 aromatic carbocycles. The molecule has 0 aromatic heterocycles. The van der Waals surface area contributed by atoms with E-state index in [-0.39, 0.29) is 11.7 Å². The summed E-state index contributed by atoms with van der Waals surface area (Å²) in [5.74, 6) is -0.847. The number of hydrogen-bond acceptors (Lipinski definition) is 4. The molecule has 104 valence electrons. The second kappa shape index (κ2) is 7.81. The first-order chi connectivity index (χ1) is 9.00. The van der Waals surface area contributed by atoms with Crippen molar-refractivity contribution in [3.8, 4) is 0 Å². The van der Waals surface area contributed by atoms with Crippen molar-refractivity contribution in [3.05, 3.63) is 35.9 Å². The zero-order valence-corrected chi connectivity index (χ0v) is 11.4. The van der Waals surface area contributed by atoms with E-state index < -0.39 is 18.1 Å². The van der Waals surface area contributed by atoms with Crippen molar-refractivity contribution >= 4 is 23.6 Å². The van der Waals surface area contributed by atoms with E-state index in [0.717, 1.165) is 5.56 Å². The Bertz CT molecular complexity index is 424. The molecule has 19 heavy (non-hydrogen) atoms. The molecule has 0 aliphatic heterocycles. The predicted octanol–water partition coefficient (Wildman–Crippen LogP) is 1.04. The monoisotopic (exact) mass is 283 g/mol. The van der Waals surface area contributed by atoms with Gasteiger partial charge in [0.2, 0.25) is 5.91 Å². The summed E-state index contributed by atoms with van der Waals surface area (Å²) in [5.41, 5.74) is 0.793. The third-order valence-electron chi connectivity index (χ3n) is 2.42. The Hall–Kier alpha value is -1.53. The van der Waals surface area contributed by atoms with Crippen LogP contribution in [0, 0.1) is 0 Å². The first-order valence-electron chi connectivity index (χ1n) is 5.81. The van der Waals surface area contributed by atoms with Gasteiger partial charge in [-0.1, -0.05) is 30.3 Å². The maximum absolute atomic E-state index is 10.9. The maximum atomic E-state index is 10.9. The molecule has 2 atom stereocenters. The van der Waals surface area contributed by atoms with Crippen molar-refractivity contribution in [2.45, 2.75) is 19.1 Å². The number of thioether (sulfide) groups is 1. The number of nitrogens with one attached hydrogen (secondary N) is 1. The molecule has 1 aromatic rings. The summed E-state index contributed by atoms with van der Waals surface area (Å²) in [4.78, 5) is 21.7. The van der Waals surface area contributed by atoms with Gasteiger partial charge in [-0.3, -0.25) is 4.79 Å². The quantitative estimate of drug-likeness (QED) is 0.696. The summed E-state index contributed by atoms with van der Waals surface area (Å²) in [7, 11) is 0. The summed E-state index contributed by atoms with van der Waals surface area (Å²) in [6.07, 6.45) is -0.641. The highest BCUT2D eigenvalue weighted by Crippen LogP contribution is 2.18. The molecule has 0 aliphatic carbocycles. The molecule has 5 nitrogen and oxygen atoms in total. The lowest BCUT2D eigenvalue weighted by Gasteiger charge is -2.15. The molecular formula is C13H17NO4S. The number of aliphatic hydroxyl groups is 1. The molecule has 0 aliphatic rings. The zero-order chi connectivity index (χ0) is 14.3. The summed E-state index contributed by atoms with van der Waals surface area (Å²) < 4.78 is 0. The minimum atomic E-state index is -1.07. The molecular weight excluding hydrogens is 266 g/mol. The maximum Gasteiger partial charge on any atom is 0.327 e. The standard InChI is InChI=1S/C13H17NO4S/c1-9(15)14-11(13(17)18)7-19-8-12(16)10-5-3-2-4-6-10/h2-6,11-12,16H,7-8H2,1H3,(H,14,15)(H,17,18)/t11-,12+/m1/s1. The van der Waals surface area contributed by atoms with Gasteiger partial charge in [0.15, 0.2) is 0 Å². The van der Waals surface area contributed by atoms with Gasteiger partial charge in [0.25, 0.3) is 0 Å². The summed E-state index contributed by atoms with van der Waals surface area (Å²) >= 11 is 1.29. The van der Waals surface area contributed by atoms with E-state index in [1.165, 1.54) is 18.7 Å². The van der Waals surface area contributed by atoms with Crippen LogP contribution in [0.3, 0.4) is 0 Å². The minimum absolute atomic E-state index is 0.221. The van der Waals surface area contributed by atoms with Crippen LogP contribution < -0.4 is 5.32 Å². The van der Waals surface area contributed by atoms with Gasteiger partial charge in [0.1, 0.15) is 6.04 Å². The molecule has 0 bridgehead atoms. The fourth-order valence-electron chi connectivity index (χ4n) is 1.49. The number of aliphatic carboxylic acids is 1. The lowest BCUT2D eigenvalue weighted by molar-refractivity contribution is -0.140. The van der Waals surface area contributed by atoms with E-state index in [0.29, 0.717) is 5.75 Å². The number of carbonyl (C=O) groups excluding carboxylic acids is 1. The number of hydrogen-bond donors (Lipinski definition) is 3. The lowest BCUT2D eigenvalue weighted by Crippen LogP contribution is -2.41. The Labute approximate surface area is 116 Å². The minimum Gasteiger partial charge on any atom is -0.480 e. The van der Waals surface area contributed by atoms with E-state index in [4.69, 9.17) is 5.11 Å². The molecule has 1 rings (SSSR count). The van der Waals surface area contributed by atoms with Crippen LogP contribution in [-0.4, -0.2) is 39.6 Å². The highest BCUT2D eigenvalue weighted by atomic mass is 32.2. The lowest BCUT2D eigenvalue weighted by atomic mass is 10.1. The van der Waals surface area contributed by atoms with Gasteiger partial charge >= 0.3 is 5.97 Å². The van der Waals surface area contributed by atoms with Gasteiger partial charge in [-0.05, 0) is 5.56 Å². The normalized spacial score (nSPS) is 13.6. The van der Waals surface area contributed by atoms with E-state index in [1.54, 1.807) is 0 Å². The highest BCUT2D eigenvalue weighted by Gasteiger charge is 2.19. The fraction of sp³-hybridized carbons (Fsp3) is 0.385. The number of rotatable bonds is 7. The summed E-state index contributed by atoms with van der Waals surface area (Å²) in [5, 5.41) is 21.2. The molecule has 0 fully saturated rings. The van der Waals surface area contributed by atoms with Crippen molar-refractivity contribution in [1.82, 2.24) is 5.32 Å². The van der Waals surface area contributed by atoms with Crippen LogP contribution in [-0.2, 0) is 9.59 Å². The molecule has 0 radical (unpaired) electrons. The van der Waals surface area contributed by atoms with Crippen LogP contribution in [0.1, 0.15) is 18.6 Å². The molecule has 0 saturated heterocycles. The van der Waals surface area contributed by atoms with Crippen LogP contribution in [0.4, 0.5) is 0 Å². The number of carboxylic acids is 1. The van der Waals surface area contributed by atoms with Gasteiger partial charge in [-0.15, -0.1) is 0 Å². The Kier molecular flexibility index (Phi) is 6.38. The Morgan fingerprint density at radius 2 is 1.89 bits per heavy atom. The van der Waals surface area contributed by atoms with Crippen molar-refractivity contribution in [1.29, 1.82) is 0 Å². The number of carboxylic acid groups (broad SMARTS) is 1. The van der Waals surface area contributed by atoms with Crippen LogP contribution in [0.25, 0.3) is 0 Å². The second-order valence-electron chi connectivity index (χ2n) is 4.06. The van der Waals surface area contributed by atoms with Crippen LogP contribution in [0.5, 0.6) is 0 Å². The highest BCUT2D eigenvalue weighted by molar-refractivity contribution is 7.99. The van der Waals surface area contributed by atoms with Crippen molar-refractivity contribution in [2.75, 3.05) is 11.5 Å². The third kappa shape index (κ3) is 5.76. The number of amides is 1. The van der Waals surface area contributed by atoms with Gasteiger partial charge in [0, 0.05) is 18.4 Å². The van der Waals surface area contributed by atoms with E-state index >= 15 is 0 Å². The third-order valence-corrected chi connectivity index (χ3v) is 3.54. The van der Waals surface area contributed by atoms with E-state index in [9.17, 15) is 14.7 Å². The van der Waals surface area contributed by atoms with Crippen molar-refractivity contribution in [3.63, 3.8) is 0 Å². The van der Waals surface area contributed by atoms with Gasteiger partial charge < -0.3 is 15.5 Å². The van der Waals surface area contributed by atoms with Gasteiger partial charge in [-0.25, -0.2) is 4.79 Å². The molecule has 0 spiro atoms. The van der Waals surface area contributed by atoms with Crippen molar-refractivity contribution in [2.24, 2.45) is 0 Å². The average Bonchev–Trinajstić information content (AvgIpc) is 2.37. The van der Waals surface area contributed by atoms with Crippen molar-refractivity contribution < 1.29 is 19.8 Å². The number of benzene rings is 1.